The highest BCUT2D eigenvalue weighted by Gasteiger charge is 2.10. The molecule has 0 radical (unpaired) electrons. The van der Waals surface area contributed by atoms with Crippen molar-refractivity contribution in [1.82, 2.24) is 0 Å². The summed E-state index contributed by atoms with van der Waals surface area (Å²) in [5.74, 6) is -0.167. The molecule has 0 spiro atoms. The Labute approximate surface area is 152 Å². The summed E-state index contributed by atoms with van der Waals surface area (Å²) in [6.07, 6.45) is 4.40. The molecule has 5 heteroatoms. The highest BCUT2D eigenvalue weighted by molar-refractivity contribution is 5.91. The number of hydrogen-bond donors (Lipinski definition) is 0. The zero-order valence-corrected chi connectivity index (χ0v) is 14.7. The number of esters is 1. The van der Waals surface area contributed by atoms with Gasteiger partial charge in [0.1, 0.15) is 5.75 Å². The standard InChI is InChI=1S/C21H21NO4/c1-2-3-4-5-14-25-18-10-12-19(23)20(13-11-18)26-21(24)17-8-6-16(15-22)7-9-17/h6-13H,2-5,14H2,1H3. The number of rotatable bonds is 8. The second-order valence-electron chi connectivity index (χ2n) is 5.79. The first kappa shape index (κ1) is 19.2. The third kappa shape index (κ3) is 5.75. The van der Waals surface area contributed by atoms with Crippen LogP contribution < -0.4 is 14.9 Å². The average molecular weight is 351 g/mol. The molecule has 2 rings (SSSR count). The summed E-state index contributed by atoms with van der Waals surface area (Å²) in [5, 5.41) is 8.78. The Bertz CT molecular complexity index is 838. The van der Waals surface area contributed by atoms with Gasteiger partial charge in [0.25, 0.3) is 0 Å². The van der Waals surface area contributed by atoms with Crippen LogP contribution in [0.25, 0.3) is 0 Å². The Hall–Kier alpha value is -3.13. The van der Waals surface area contributed by atoms with Crippen molar-refractivity contribution < 1.29 is 14.3 Å². The first-order valence-electron chi connectivity index (χ1n) is 8.63. The summed E-state index contributed by atoms with van der Waals surface area (Å²) in [6.45, 7) is 2.73. The van der Waals surface area contributed by atoms with E-state index in [4.69, 9.17) is 14.7 Å². The molecule has 2 aromatic rings. The first-order chi connectivity index (χ1) is 12.6. The normalized spacial score (nSPS) is 10.0. The van der Waals surface area contributed by atoms with E-state index in [0.717, 1.165) is 19.3 Å². The van der Waals surface area contributed by atoms with Gasteiger partial charge in [-0.15, -0.1) is 0 Å². The molecule has 0 saturated carbocycles. The lowest BCUT2D eigenvalue weighted by Gasteiger charge is -2.03. The van der Waals surface area contributed by atoms with Crippen LogP contribution in [-0.2, 0) is 0 Å². The first-order valence-corrected chi connectivity index (χ1v) is 8.63. The smallest absolute Gasteiger partial charge is 0.343 e. The predicted molar refractivity (Wildman–Crippen MR) is 98.5 cm³/mol. The number of nitrogens with zero attached hydrogens (tertiary/aromatic N) is 1. The molecule has 0 atom stereocenters. The zero-order chi connectivity index (χ0) is 18.8. The van der Waals surface area contributed by atoms with Gasteiger partial charge >= 0.3 is 5.97 Å². The van der Waals surface area contributed by atoms with Crippen LogP contribution in [0.4, 0.5) is 0 Å². The van der Waals surface area contributed by atoms with Gasteiger partial charge < -0.3 is 9.47 Å². The van der Waals surface area contributed by atoms with Crippen LogP contribution in [0, 0.1) is 11.3 Å². The molecule has 26 heavy (non-hydrogen) atoms. The number of carbonyl (C=O) groups excluding carboxylic acids is 1. The van der Waals surface area contributed by atoms with Gasteiger partial charge in [-0.25, -0.2) is 4.79 Å². The van der Waals surface area contributed by atoms with E-state index in [1.54, 1.807) is 12.1 Å². The minimum atomic E-state index is -0.653. The molecule has 0 aromatic heterocycles. The highest BCUT2D eigenvalue weighted by atomic mass is 16.5. The Morgan fingerprint density at radius 1 is 1.00 bits per heavy atom. The van der Waals surface area contributed by atoms with E-state index in [1.807, 2.05) is 6.07 Å². The van der Waals surface area contributed by atoms with E-state index in [1.165, 1.54) is 42.8 Å². The van der Waals surface area contributed by atoms with Crippen molar-refractivity contribution in [2.75, 3.05) is 6.61 Å². The summed E-state index contributed by atoms with van der Waals surface area (Å²) in [5.41, 5.74) is 0.299. The summed E-state index contributed by atoms with van der Waals surface area (Å²) in [6, 6.07) is 13.9. The topological polar surface area (TPSA) is 76.4 Å². The summed E-state index contributed by atoms with van der Waals surface area (Å²) >= 11 is 0. The fraction of sp³-hybridized carbons (Fsp3) is 0.286. The molecule has 0 aliphatic rings. The zero-order valence-electron chi connectivity index (χ0n) is 14.7. The van der Waals surface area contributed by atoms with Gasteiger partial charge in [-0.1, -0.05) is 26.2 Å². The fourth-order valence-electron chi connectivity index (χ4n) is 2.27. The predicted octanol–water partition coefficient (Wildman–Crippen LogP) is 4.10. The lowest BCUT2D eigenvalue weighted by Crippen LogP contribution is -2.13. The molecule has 0 fully saturated rings. The summed E-state index contributed by atoms with van der Waals surface area (Å²) in [4.78, 5) is 24.2. The van der Waals surface area contributed by atoms with Gasteiger partial charge in [0, 0.05) is 0 Å². The van der Waals surface area contributed by atoms with Crippen molar-refractivity contribution in [2.24, 2.45) is 0 Å². The van der Waals surface area contributed by atoms with Crippen molar-refractivity contribution in [3.05, 3.63) is 69.9 Å². The summed E-state index contributed by atoms with van der Waals surface area (Å²) < 4.78 is 10.8. The summed E-state index contributed by atoms with van der Waals surface area (Å²) in [7, 11) is 0. The van der Waals surface area contributed by atoms with Gasteiger partial charge in [0.15, 0.2) is 5.75 Å². The number of carbonyl (C=O) groups is 1. The van der Waals surface area contributed by atoms with E-state index >= 15 is 0 Å². The van der Waals surface area contributed by atoms with Crippen LogP contribution in [-0.4, -0.2) is 12.6 Å². The second-order valence-corrected chi connectivity index (χ2v) is 5.79. The molecule has 0 amide bonds. The molecule has 5 nitrogen and oxygen atoms in total. The molecule has 0 aliphatic heterocycles. The molecule has 0 bridgehead atoms. The second kappa shape index (κ2) is 10.00. The van der Waals surface area contributed by atoms with Gasteiger partial charge in [-0.3, -0.25) is 4.79 Å². The van der Waals surface area contributed by atoms with Crippen LogP contribution >= 0.6 is 0 Å². The molecule has 134 valence electrons. The number of ether oxygens (including phenoxy) is 2. The van der Waals surface area contributed by atoms with E-state index < -0.39 is 11.4 Å². The van der Waals surface area contributed by atoms with E-state index in [2.05, 4.69) is 6.92 Å². The van der Waals surface area contributed by atoms with Gasteiger partial charge in [-0.05, 0) is 55.0 Å². The SMILES string of the molecule is CCCCCCOc1ccc(OC(=O)c2ccc(C#N)cc2)c(=O)cc1. The molecule has 0 saturated heterocycles. The highest BCUT2D eigenvalue weighted by Crippen LogP contribution is 2.14. The Morgan fingerprint density at radius 3 is 2.42 bits per heavy atom. The largest absolute Gasteiger partial charge is 0.494 e. The number of unbranched alkanes of at least 4 members (excludes halogenated alkanes) is 3. The third-order valence-corrected chi connectivity index (χ3v) is 3.76. The molecule has 0 N–H and O–H groups in total. The third-order valence-electron chi connectivity index (χ3n) is 3.76. The van der Waals surface area contributed by atoms with Crippen LogP contribution in [0.2, 0.25) is 0 Å². The molecule has 0 unspecified atom stereocenters. The molecular formula is C21H21NO4. The molecule has 0 aliphatic carbocycles. The van der Waals surface area contributed by atoms with Crippen LogP contribution in [0.5, 0.6) is 11.5 Å². The van der Waals surface area contributed by atoms with Crippen molar-refractivity contribution >= 4 is 5.97 Å². The van der Waals surface area contributed by atoms with E-state index in [-0.39, 0.29) is 11.3 Å². The van der Waals surface area contributed by atoms with Crippen LogP contribution in [0.15, 0.2) is 53.3 Å². The van der Waals surface area contributed by atoms with E-state index in [9.17, 15) is 9.59 Å². The van der Waals surface area contributed by atoms with Gasteiger partial charge in [-0.2, -0.15) is 5.26 Å². The van der Waals surface area contributed by atoms with Crippen molar-refractivity contribution in [3.63, 3.8) is 0 Å². The Morgan fingerprint density at radius 2 is 1.73 bits per heavy atom. The lowest BCUT2D eigenvalue weighted by molar-refractivity contribution is 0.0733. The van der Waals surface area contributed by atoms with Crippen LogP contribution in [0.1, 0.15) is 48.5 Å². The number of nitriles is 1. The van der Waals surface area contributed by atoms with Crippen LogP contribution in [0.3, 0.4) is 0 Å². The van der Waals surface area contributed by atoms with Gasteiger partial charge in [0.05, 0.1) is 23.8 Å². The number of benzene rings is 1. The minimum Gasteiger partial charge on any atom is -0.494 e. The quantitative estimate of drug-likeness (QED) is 0.529. The maximum Gasteiger partial charge on any atom is 0.343 e. The maximum atomic E-state index is 12.2. The maximum absolute atomic E-state index is 12.2. The van der Waals surface area contributed by atoms with Crippen molar-refractivity contribution in [1.29, 1.82) is 5.26 Å². The van der Waals surface area contributed by atoms with E-state index in [0.29, 0.717) is 17.9 Å². The lowest BCUT2D eigenvalue weighted by atomic mass is 10.1. The van der Waals surface area contributed by atoms with Gasteiger partial charge in [0.2, 0.25) is 5.43 Å². The molecule has 2 aromatic carbocycles. The molecule has 0 heterocycles. The average Bonchev–Trinajstić information content (AvgIpc) is 2.84. The number of hydrogen-bond acceptors (Lipinski definition) is 5. The Kier molecular flexibility index (Phi) is 7.38. The minimum absolute atomic E-state index is 0.0693. The molecular weight excluding hydrogens is 330 g/mol. The van der Waals surface area contributed by atoms with Crippen molar-refractivity contribution in [3.8, 4) is 17.6 Å². The monoisotopic (exact) mass is 351 g/mol. The van der Waals surface area contributed by atoms with Crippen molar-refractivity contribution in [2.45, 2.75) is 32.6 Å². The Balaban J connectivity index is 2.02. The fourth-order valence-corrected chi connectivity index (χ4v) is 2.27.